The van der Waals surface area contributed by atoms with Crippen LogP contribution in [0.25, 0.3) is 0 Å². The van der Waals surface area contributed by atoms with E-state index >= 15 is 0 Å². The van der Waals surface area contributed by atoms with Gasteiger partial charge in [0.05, 0.1) is 12.2 Å². The van der Waals surface area contributed by atoms with Crippen molar-refractivity contribution in [1.29, 1.82) is 0 Å². The van der Waals surface area contributed by atoms with Crippen LogP contribution in [-0.4, -0.2) is 24.3 Å². The molecule has 0 aliphatic heterocycles. The highest BCUT2D eigenvalue weighted by Gasteiger charge is 2.28. The first-order valence-electron chi connectivity index (χ1n) is 6.67. The molecule has 2 rings (SSSR count). The lowest BCUT2D eigenvalue weighted by atomic mass is 10.3. The molecule has 7 heteroatoms. The third-order valence-corrected chi connectivity index (χ3v) is 6.60. The third kappa shape index (κ3) is 3.32. The Morgan fingerprint density at radius 2 is 2.14 bits per heavy atom. The zero-order valence-electron chi connectivity index (χ0n) is 12.1. The summed E-state index contributed by atoms with van der Waals surface area (Å²) >= 11 is 1.39. The van der Waals surface area contributed by atoms with Gasteiger partial charge in [0.1, 0.15) is 4.90 Å². The average molecular weight is 325 g/mol. The summed E-state index contributed by atoms with van der Waals surface area (Å²) in [6, 6.07) is 5.48. The number of pyridine rings is 1. The quantitative estimate of drug-likeness (QED) is 0.882. The van der Waals surface area contributed by atoms with Crippen LogP contribution in [-0.2, 0) is 23.1 Å². The number of sulfonamides is 1. The molecule has 2 N–H and O–H groups in total. The van der Waals surface area contributed by atoms with Crippen molar-refractivity contribution >= 4 is 21.4 Å². The molecule has 2 aromatic rings. The minimum absolute atomic E-state index is 0.230. The van der Waals surface area contributed by atoms with E-state index in [0.29, 0.717) is 16.3 Å². The molecule has 0 bridgehead atoms. The molecule has 21 heavy (non-hydrogen) atoms. The van der Waals surface area contributed by atoms with E-state index in [4.69, 9.17) is 5.73 Å². The van der Waals surface area contributed by atoms with Gasteiger partial charge in [-0.05, 0) is 30.0 Å². The lowest BCUT2D eigenvalue weighted by molar-refractivity contribution is 0.418. The molecule has 0 aromatic carbocycles. The molecule has 0 aliphatic carbocycles. The van der Waals surface area contributed by atoms with Crippen molar-refractivity contribution in [1.82, 2.24) is 9.29 Å². The number of nitrogens with zero attached hydrogens (tertiary/aromatic N) is 2. The van der Waals surface area contributed by atoms with E-state index < -0.39 is 10.0 Å². The standard InChI is InChI=1S/C14H19N3O2S2/c1-3-17(9-12-6-4-5-7-16-12)21(18,19)14-11(2)10-20-13(14)8-15/h4-7,10H,3,8-9,15H2,1-2H3. The Kier molecular flexibility index (Phi) is 5.10. The molecule has 0 atom stereocenters. The van der Waals surface area contributed by atoms with Gasteiger partial charge in [-0.15, -0.1) is 11.3 Å². The molecule has 0 spiro atoms. The highest BCUT2D eigenvalue weighted by atomic mass is 32.2. The molecule has 0 amide bonds. The van der Waals surface area contributed by atoms with Crippen LogP contribution < -0.4 is 5.73 Å². The van der Waals surface area contributed by atoms with Crippen LogP contribution in [0.15, 0.2) is 34.7 Å². The maximum absolute atomic E-state index is 12.9. The lowest BCUT2D eigenvalue weighted by Crippen LogP contribution is -2.31. The minimum atomic E-state index is -3.56. The van der Waals surface area contributed by atoms with E-state index in [2.05, 4.69) is 4.98 Å². The maximum Gasteiger partial charge on any atom is 0.244 e. The monoisotopic (exact) mass is 325 g/mol. The molecule has 2 heterocycles. The summed E-state index contributed by atoms with van der Waals surface area (Å²) in [4.78, 5) is 5.25. The van der Waals surface area contributed by atoms with Crippen LogP contribution in [0.4, 0.5) is 0 Å². The van der Waals surface area contributed by atoms with Gasteiger partial charge >= 0.3 is 0 Å². The third-order valence-electron chi connectivity index (χ3n) is 3.19. The molecule has 114 valence electrons. The topological polar surface area (TPSA) is 76.3 Å². The Balaban J connectivity index is 2.38. The van der Waals surface area contributed by atoms with E-state index in [1.54, 1.807) is 13.1 Å². The number of hydrogen-bond donors (Lipinski definition) is 1. The van der Waals surface area contributed by atoms with E-state index in [0.717, 1.165) is 11.3 Å². The fourth-order valence-corrected chi connectivity index (χ4v) is 5.22. The van der Waals surface area contributed by atoms with Crippen molar-refractivity contribution in [2.24, 2.45) is 5.73 Å². The van der Waals surface area contributed by atoms with Gasteiger partial charge in [-0.25, -0.2) is 8.42 Å². The summed E-state index contributed by atoms with van der Waals surface area (Å²) in [5.74, 6) is 0. The van der Waals surface area contributed by atoms with Crippen LogP contribution >= 0.6 is 11.3 Å². The maximum atomic E-state index is 12.9. The molecular formula is C14H19N3O2S2. The zero-order chi connectivity index (χ0) is 15.5. The molecule has 0 radical (unpaired) electrons. The highest BCUT2D eigenvalue weighted by Crippen LogP contribution is 2.29. The smallest absolute Gasteiger partial charge is 0.244 e. The highest BCUT2D eigenvalue weighted by molar-refractivity contribution is 7.89. The number of thiophene rings is 1. The Morgan fingerprint density at radius 1 is 1.38 bits per heavy atom. The first-order valence-corrected chi connectivity index (χ1v) is 8.99. The predicted molar refractivity (Wildman–Crippen MR) is 84.5 cm³/mol. The number of rotatable bonds is 6. The van der Waals surface area contributed by atoms with E-state index in [9.17, 15) is 8.42 Å². The van der Waals surface area contributed by atoms with E-state index in [1.165, 1.54) is 15.6 Å². The minimum Gasteiger partial charge on any atom is -0.326 e. The van der Waals surface area contributed by atoms with Crippen molar-refractivity contribution in [2.45, 2.75) is 31.8 Å². The second-order valence-electron chi connectivity index (χ2n) is 4.63. The molecule has 0 unspecified atom stereocenters. The van der Waals surface area contributed by atoms with Gasteiger partial charge in [-0.3, -0.25) is 4.98 Å². The molecule has 0 aliphatic rings. The Hall–Kier alpha value is -1.28. The summed E-state index contributed by atoms with van der Waals surface area (Å²) in [6.07, 6.45) is 1.66. The Bertz CT molecular complexity index is 696. The van der Waals surface area contributed by atoms with Gasteiger partial charge in [0, 0.05) is 24.2 Å². The van der Waals surface area contributed by atoms with Crippen LogP contribution in [0.3, 0.4) is 0 Å². The summed E-state index contributed by atoms with van der Waals surface area (Å²) in [5, 5.41) is 1.84. The second kappa shape index (κ2) is 6.65. The normalized spacial score (nSPS) is 12.0. The summed E-state index contributed by atoms with van der Waals surface area (Å²) < 4.78 is 27.2. The molecule has 5 nitrogen and oxygen atoms in total. The first-order chi connectivity index (χ1) is 10.0. The number of aromatic nitrogens is 1. The van der Waals surface area contributed by atoms with Gasteiger partial charge < -0.3 is 5.73 Å². The average Bonchev–Trinajstić information content (AvgIpc) is 2.87. The van der Waals surface area contributed by atoms with Gasteiger partial charge in [0.2, 0.25) is 10.0 Å². The van der Waals surface area contributed by atoms with E-state index in [1.807, 2.05) is 30.5 Å². The number of aryl methyl sites for hydroxylation is 1. The number of hydrogen-bond acceptors (Lipinski definition) is 5. The predicted octanol–water partition coefficient (Wildman–Crippen LogP) is 2.12. The zero-order valence-corrected chi connectivity index (χ0v) is 13.7. The van der Waals surface area contributed by atoms with Gasteiger partial charge in [0.25, 0.3) is 0 Å². The van der Waals surface area contributed by atoms with Crippen LogP contribution in [0.5, 0.6) is 0 Å². The van der Waals surface area contributed by atoms with Gasteiger partial charge in [-0.2, -0.15) is 4.31 Å². The van der Waals surface area contributed by atoms with Crippen molar-refractivity contribution in [2.75, 3.05) is 6.54 Å². The fraction of sp³-hybridized carbons (Fsp3) is 0.357. The molecule has 0 saturated carbocycles. The van der Waals surface area contributed by atoms with Crippen LogP contribution in [0.2, 0.25) is 0 Å². The molecule has 0 fully saturated rings. The molecule has 2 aromatic heterocycles. The van der Waals surface area contributed by atoms with Gasteiger partial charge in [-0.1, -0.05) is 13.0 Å². The van der Waals surface area contributed by atoms with Crippen molar-refractivity contribution < 1.29 is 8.42 Å². The summed E-state index contributed by atoms with van der Waals surface area (Å²) in [5.41, 5.74) is 7.15. The van der Waals surface area contributed by atoms with Gasteiger partial charge in [0.15, 0.2) is 0 Å². The Morgan fingerprint density at radius 3 is 2.71 bits per heavy atom. The van der Waals surface area contributed by atoms with E-state index in [-0.39, 0.29) is 13.1 Å². The molecular weight excluding hydrogens is 306 g/mol. The van der Waals surface area contributed by atoms with Crippen molar-refractivity contribution in [3.63, 3.8) is 0 Å². The molecule has 0 saturated heterocycles. The van der Waals surface area contributed by atoms with Crippen LogP contribution in [0, 0.1) is 6.92 Å². The summed E-state index contributed by atoms with van der Waals surface area (Å²) in [6.45, 7) is 4.51. The SMILES string of the molecule is CCN(Cc1ccccn1)S(=O)(=O)c1c(C)csc1CN. The largest absolute Gasteiger partial charge is 0.326 e. The lowest BCUT2D eigenvalue weighted by Gasteiger charge is -2.21. The van der Waals surface area contributed by atoms with Crippen molar-refractivity contribution in [3.8, 4) is 0 Å². The summed E-state index contributed by atoms with van der Waals surface area (Å²) in [7, 11) is -3.56. The Labute approximate surface area is 129 Å². The fourth-order valence-electron chi connectivity index (χ4n) is 2.14. The van der Waals surface area contributed by atoms with Crippen LogP contribution in [0.1, 0.15) is 23.1 Å². The second-order valence-corrected chi connectivity index (χ2v) is 7.47. The number of nitrogens with two attached hydrogens (primary N) is 1. The van der Waals surface area contributed by atoms with Crippen molar-refractivity contribution in [3.05, 3.63) is 45.9 Å². The first kappa shape index (κ1) is 16.1.